The van der Waals surface area contributed by atoms with Gasteiger partial charge >= 0.3 is 0 Å². The Kier molecular flexibility index (Phi) is 5.53. The van der Waals surface area contributed by atoms with Crippen molar-refractivity contribution in [1.82, 2.24) is 0 Å². The molecule has 0 fully saturated rings. The highest BCUT2D eigenvalue weighted by molar-refractivity contribution is 5.91. The van der Waals surface area contributed by atoms with Crippen molar-refractivity contribution in [3.63, 3.8) is 0 Å². The first kappa shape index (κ1) is 16.0. The monoisotopic (exact) mass is 300 g/mol. The SMILES string of the molecule is CC(C)c1ccc(NC(=O)CCNc2cccc(F)c2)cc1. The van der Waals surface area contributed by atoms with Crippen molar-refractivity contribution in [1.29, 1.82) is 0 Å². The van der Waals surface area contributed by atoms with Crippen molar-refractivity contribution in [3.8, 4) is 0 Å². The van der Waals surface area contributed by atoms with Crippen LogP contribution in [0.3, 0.4) is 0 Å². The predicted octanol–water partition coefficient (Wildman–Crippen LogP) is 4.39. The highest BCUT2D eigenvalue weighted by Gasteiger charge is 2.04. The van der Waals surface area contributed by atoms with Crippen molar-refractivity contribution in [3.05, 3.63) is 59.9 Å². The van der Waals surface area contributed by atoms with Crippen LogP contribution in [0.4, 0.5) is 15.8 Å². The molecule has 0 atom stereocenters. The van der Waals surface area contributed by atoms with Gasteiger partial charge < -0.3 is 10.6 Å². The van der Waals surface area contributed by atoms with E-state index in [1.54, 1.807) is 12.1 Å². The normalized spacial score (nSPS) is 10.5. The van der Waals surface area contributed by atoms with Crippen molar-refractivity contribution in [2.45, 2.75) is 26.2 Å². The number of hydrogen-bond donors (Lipinski definition) is 2. The van der Waals surface area contributed by atoms with Crippen LogP contribution in [-0.2, 0) is 4.79 Å². The molecule has 0 aliphatic carbocycles. The molecule has 4 heteroatoms. The fourth-order valence-electron chi connectivity index (χ4n) is 2.09. The minimum atomic E-state index is -0.292. The average molecular weight is 300 g/mol. The molecule has 0 bridgehead atoms. The van der Waals surface area contributed by atoms with E-state index >= 15 is 0 Å². The molecule has 22 heavy (non-hydrogen) atoms. The molecule has 1 amide bonds. The van der Waals surface area contributed by atoms with Gasteiger partial charge in [0.1, 0.15) is 5.82 Å². The first-order chi connectivity index (χ1) is 10.5. The van der Waals surface area contributed by atoms with Crippen molar-refractivity contribution in [2.24, 2.45) is 0 Å². The fourth-order valence-corrected chi connectivity index (χ4v) is 2.09. The molecule has 0 spiro atoms. The lowest BCUT2D eigenvalue weighted by atomic mass is 10.0. The van der Waals surface area contributed by atoms with E-state index in [0.717, 1.165) is 5.69 Å². The summed E-state index contributed by atoms with van der Waals surface area (Å²) >= 11 is 0. The molecule has 2 N–H and O–H groups in total. The van der Waals surface area contributed by atoms with Crippen LogP contribution in [0.1, 0.15) is 31.7 Å². The number of halogens is 1. The Morgan fingerprint density at radius 3 is 2.45 bits per heavy atom. The lowest BCUT2D eigenvalue weighted by Crippen LogP contribution is -2.16. The third kappa shape index (κ3) is 4.88. The largest absolute Gasteiger partial charge is 0.384 e. The number of nitrogens with one attached hydrogen (secondary N) is 2. The summed E-state index contributed by atoms with van der Waals surface area (Å²) in [7, 11) is 0. The highest BCUT2D eigenvalue weighted by atomic mass is 19.1. The smallest absolute Gasteiger partial charge is 0.226 e. The van der Waals surface area contributed by atoms with Gasteiger partial charge in [-0.25, -0.2) is 4.39 Å². The predicted molar refractivity (Wildman–Crippen MR) is 88.7 cm³/mol. The van der Waals surface area contributed by atoms with E-state index in [1.165, 1.54) is 17.7 Å². The second-order valence-corrected chi connectivity index (χ2v) is 5.51. The van der Waals surface area contributed by atoms with Gasteiger partial charge in [0.05, 0.1) is 0 Å². The van der Waals surface area contributed by atoms with Crippen molar-refractivity contribution < 1.29 is 9.18 Å². The van der Waals surface area contributed by atoms with Gasteiger partial charge in [-0.3, -0.25) is 4.79 Å². The van der Waals surface area contributed by atoms with E-state index in [1.807, 2.05) is 24.3 Å². The van der Waals surface area contributed by atoms with Gasteiger partial charge in [0.25, 0.3) is 0 Å². The third-order valence-electron chi connectivity index (χ3n) is 3.37. The van der Waals surface area contributed by atoms with E-state index < -0.39 is 0 Å². The Balaban J connectivity index is 1.78. The summed E-state index contributed by atoms with van der Waals surface area (Å²) in [5.74, 6) is 0.112. The minimum Gasteiger partial charge on any atom is -0.384 e. The molecule has 2 aromatic rings. The van der Waals surface area contributed by atoms with E-state index in [-0.39, 0.29) is 11.7 Å². The Bertz CT molecular complexity index is 623. The maximum absolute atomic E-state index is 13.0. The first-order valence-corrected chi connectivity index (χ1v) is 7.44. The zero-order valence-corrected chi connectivity index (χ0v) is 12.9. The molecule has 0 aliphatic heterocycles. The Labute approximate surface area is 130 Å². The van der Waals surface area contributed by atoms with Crippen LogP contribution in [0.2, 0.25) is 0 Å². The minimum absolute atomic E-state index is 0.0683. The molecule has 2 rings (SSSR count). The number of benzene rings is 2. The summed E-state index contributed by atoms with van der Waals surface area (Å²) in [5, 5.41) is 5.88. The summed E-state index contributed by atoms with van der Waals surface area (Å²) in [6.07, 6.45) is 0.322. The summed E-state index contributed by atoms with van der Waals surface area (Å²) < 4.78 is 13.0. The number of anilines is 2. The van der Waals surface area contributed by atoms with Gasteiger partial charge in [-0.05, 0) is 41.8 Å². The van der Waals surface area contributed by atoms with E-state index in [9.17, 15) is 9.18 Å². The zero-order valence-electron chi connectivity index (χ0n) is 12.9. The Hall–Kier alpha value is -2.36. The molecule has 2 aromatic carbocycles. The fraction of sp³-hybridized carbons (Fsp3) is 0.278. The molecular formula is C18H21FN2O. The van der Waals surface area contributed by atoms with Gasteiger partial charge in [0, 0.05) is 24.3 Å². The zero-order chi connectivity index (χ0) is 15.9. The molecule has 0 saturated heterocycles. The van der Waals surface area contributed by atoms with Gasteiger partial charge in [0.2, 0.25) is 5.91 Å². The van der Waals surface area contributed by atoms with Crippen molar-refractivity contribution >= 4 is 17.3 Å². The van der Waals surface area contributed by atoms with Gasteiger partial charge in [-0.1, -0.05) is 32.0 Å². The topological polar surface area (TPSA) is 41.1 Å². The van der Waals surface area contributed by atoms with E-state index in [0.29, 0.717) is 24.6 Å². The van der Waals surface area contributed by atoms with Crippen molar-refractivity contribution in [2.75, 3.05) is 17.2 Å². The molecular weight excluding hydrogens is 279 g/mol. The third-order valence-corrected chi connectivity index (χ3v) is 3.37. The average Bonchev–Trinajstić information content (AvgIpc) is 2.48. The molecule has 0 aliphatic rings. The van der Waals surface area contributed by atoms with Crippen LogP contribution >= 0.6 is 0 Å². The second-order valence-electron chi connectivity index (χ2n) is 5.51. The summed E-state index contributed by atoms with van der Waals surface area (Å²) in [6.45, 7) is 4.72. The molecule has 0 aromatic heterocycles. The van der Waals surface area contributed by atoms with Crippen LogP contribution in [0.15, 0.2) is 48.5 Å². The highest BCUT2D eigenvalue weighted by Crippen LogP contribution is 2.17. The lowest BCUT2D eigenvalue weighted by Gasteiger charge is -2.09. The second kappa shape index (κ2) is 7.59. The maximum Gasteiger partial charge on any atom is 0.226 e. The summed E-state index contributed by atoms with van der Waals surface area (Å²) in [4.78, 5) is 11.9. The molecule has 0 saturated carbocycles. The van der Waals surface area contributed by atoms with Crippen LogP contribution in [-0.4, -0.2) is 12.5 Å². The molecule has 116 valence electrons. The quantitative estimate of drug-likeness (QED) is 0.830. The number of hydrogen-bond acceptors (Lipinski definition) is 2. The number of carbonyl (C=O) groups excluding carboxylic acids is 1. The maximum atomic E-state index is 13.0. The first-order valence-electron chi connectivity index (χ1n) is 7.44. The van der Waals surface area contributed by atoms with Gasteiger partial charge in [0.15, 0.2) is 0 Å². The number of carbonyl (C=O) groups is 1. The molecule has 0 radical (unpaired) electrons. The standard InChI is InChI=1S/C18H21FN2O/c1-13(2)14-6-8-16(9-7-14)21-18(22)10-11-20-17-5-3-4-15(19)12-17/h3-9,12-13,20H,10-11H2,1-2H3,(H,21,22). The lowest BCUT2D eigenvalue weighted by molar-refractivity contribution is -0.115. The van der Waals surface area contributed by atoms with E-state index in [4.69, 9.17) is 0 Å². The van der Waals surface area contributed by atoms with Crippen LogP contribution in [0, 0.1) is 5.82 Å². The molecule has 0 unspecified atom stereocenters. The molecule has 3 nitrogen and oxygen atoms in total. The van der Waals surface area contributed by atoms with Crippen LogP contribution in [0.5, 0.6) is 0 Å². The number of amides is 1. The van der Waals surface area contributed by atoms with Gasteiger partial charge in [-0.15, -0.1) is 0 Å². The van der Waals surface area contributed by atoms with Crippen LogP contribution < -0.4 is 10.6 Å². The summed E-state index contributed by atoms with van der Waals surface area (Å²) in [5.41, 5.74) is 2.71. The van der Waals surface area contributed by atoms with Gasteiger partial charge in [-0.2, -0.15) is 0 Å². The van der Waals surface area contributed by atoms with E-state index in [2.05, 4.69) is 24.5 Å². The van der Waals surface area contributed by atoms with Crippen LogP contribution in [0.25, 0.3) is 0 Å². The Morgan fingerprint density at radius 1 is 1.09 bits per heavy atom. The summed E-state index contributed by atoms with van der Waals surface area (Å²) in [6, 6.07) is 14.1. The molecule has 0 heterocycles. The number of rotatable bonds is 6. The Morgan fingerprint density at radius 2 is 1.82 bits per heavy atom.